The van der Waals surface area contributed by atoms with Gasteiger partial charge in [0, 0.05) is 31.5 Å². The van der Waals surface area contributed by atoms with Gasteiger partial charge in [0.05, 0.1) is 12.7 Å². The summed E-state index contributed by atoms with van der Waals surface area (Å²) in [5.41, 5.74) is 1.39. The number of nitrogens with zero attached hydrogens (tertiary/aromatic N) is 2. The van der Waals surface area contributed by atoms with E-state index in [0.717, 1.165) is 44.7 Å². The van der Waals surface area contributed by atoms with Crippen molar-refractivity contribution < 1.29 is 18.7 Å². The molecule has 0 bridgehead atoms. The van der Waals surface area contributed by atoms with Crippen LogP contribution in [0.1, 0.15) is 61.2 Å². The molecule has 0 N–H and O–H groups in total. The molecule has 2 fully saturated rings. The molecule has 0 unspecified atom stereocenters. The Morgan fingerprint density at radius 2 is 1.97 bits per heavy atom. The molecule has 29 heavy (non-hydrogen) atoms. The molecule has 0 saturated carbocycles. The van der Waals surface area contributed by atoms with Crippen molar-refractivity contribution in [3.63, 3.8) is 0 Å². The number of likely N-dealkylation sites (tertiary alicyclic amines) is 1. The average molecular weight is 396 g/mol. The highest BCUT2D eigenvalue weighted by atomic mass is 16.5. The Morgan fingerprint density at radius 1 is 1.21 bits per heavy atom. The molecule has 1 aromatic carbocycles. The van der Waals surface area contributed by atoms with Gasteiger partial charge >= 0.3 is 0 Å². The van der Waals surface area contributed by atoms with Gasteiger partial charge in [0.2, 0.25) is 0 Å². The fourth-order valence-electron chi connectivity index (χ4n) is 5.26. The number of rotatable bonds is 1. The van der Waals surface area contributed by atoms with Gasteiger partial charge in [-0.25, -0.2) is 4.98 Å². The van der Waals surface area contributed by atoms with E-state index in [1.807, 2.05) is 17.0 Å². The molecule has 1 aromatic heterocycles. The van der Waals surface area contributed by atoms with E-state index in [1.54, 1.807) is 6.92 Å². The van der Waals surface area contributed by atoms with Crippen LogP contribution < -0.4 is 4.74 Å². The van der Waals surface area contributed by atoms with Crippen molar-refractivity contribution in [2.75, 3.05) is 19.7 Å². The molecule has 3 aliphatic heterocycles. The fraction of sp³-hybridized carbons (Fsp3) is 0.565. The molecule has 3 aliphatic rings. The fourth-order valence-corrected chi connectivity index (χ4v) is 5.26. The predicted molar refractivity (Wildman–Crippen MR) is 107 cm³/mol. The summed E-state index contributed by atoms with van der Waals surface area (Å²) in [7, 11) is 0. The summed E-state index contributed by atoms with van der Waals surface area (Å²) in [6.07, 6.45) is 4.48. The van der Waals surface area contributed by atoms with Gasteiger partial charge in [-0.15, -0.1) is 0 Å². The first-order valence-electron chi connectivity index (χ1n) is 10.5. The molecule has 6 nitrogen and oxygen atoms in total. The van der Waals surface area contributed by atoms with Crippen molar-refractivity contribution in [2.45, 2.75) is 51.7 Å². The maximum atomic E-state index is 12.7. The van der Waals surface area contributed by atoms with E-state index >= 15 is 0 Å². The highest BCUT2D eigenvalue weighted by Crippen LogP contribution is 2.55. The number of carbonyl (C=O) groups is 1. The molecule has 2 aromatic rings. The van der Waals surface area contributed by atoms with E-state index in [1.165, 1.54) is 11.8 Å². The van der Waals surface area contributed by atoms with Gasteiger partial charge in [0.15, 0.2) is 11.6 Å². The van der Waals surface area contributed by atoms with Crippen LogP contribution in [0.3, 0.4) is 0 Å². The first-order chi connectivity index (χ1) is 13.9. The second-order valence-corrected chi connectivity index (χ2v) is 9.33. The number of benzene rings is 1. The Balaban J connectivity index is 1.31. The summed E-state index contributed by atoms with van der Waals surface area (Å²) in [6, 6.07) is 8.24. The lowest BCUT2D eigenvalue weighted by Gasteiger charge is -2.54. The minimum atomic E-state index is -0.280. The zero-order chi connectivity index (χ0) is 20.2. The summed E-state index contributed by atoms with van der Waals surface area (Å²) < 4.78 is 18.1. The molecule has 5 rings (SSSR count). The number of hydrogen-bond donors (Lipinski definition) is 0. The third-order valence-corrected chi connectivity index (χ3v) is 7.03. The minimum absolute atomic E-state index is 0.0402. The van der Waals surface area contributed by atoms with Crippen LogP contribution in [-0.2, 0) is 4.74 Å². The third-order valence-electron chi connectivity index (χ3n) is 7.03. The number of fused-ring (bicyclic) bond motifs is 3. The van der Waals surface area contributed by atoms with Crippen molar-refractivity contribution in [1.82, 2.24) is 9.88 Å². The maximum absolute atomic E-state index is 12.7. The normalized spacial score (nSPS) is 27.1. The lowest BCUT2D eigenvalue weighted by molar-refractivity contribution is -0.173. The van der Waals surface area contributed by atoms with Gasteiger partial charge in [-0.2, -0.15) is 0 Å². The Labute approximate surface area is 171 Å². The Kier molecular flexibility index (Phi) is 4.24. The zero-order valence-corrected chi connectivity index (χ0v) is 17.3. The number of ether oxygens (including phenoxy) is 2. The number of piperidine rings is 1. The SMILES string of the molecule is Cc1nc(C(=O)N2CCC3(CC2)CO[C@@H]2c4ccccc4OC(C)(C)[C@H]2C3)co1. The number of oxazole rings is 1. The van der Waals surface area contributed by atoms with Crippen molar-refractivity contribution >= 4 is 5.91 Å². The smallest absolute Gasteiger partial charge is 0.275 e. The van der Waals surface area contributed by atoms with Gasteiger partial charge in [0.1, 0.15) is 17.6 Å². The van der Waals surface area contributed by atoms with Crippen LogP contribution in [0, 0.1) is 18.3 Å². The minimum Gasteiger partial charge on any atom is -0.487 e. The molecule has 0 aliphatic carbocycles. The Morgan fingerprint density at radius 3 is 2.69 bits per heavy atom. The van der Waals surface area contributed by atoms with Gasteiger partial charge < -0.3 is 18.8 Å². The average Bonchev–Trinajstić information content (AvgIpc) is 3.14. The molecule has 2 saturated heterocycles. The molecular formula is C23H28N2O4. The van der Waals surface area contributed by atoms with E-state index < -0.39 is 0 Å². The first-order valence-corrected chi connectivity index (χ1v) is 10.5. The van der Waals surface area contributed by atoms with Crippen LogP contribution in [-0.4, -0.2) is 41.1 Å². The maximum Gasteiger partial charge on any atom is 0.275 e. The Bertz CT molecular complexity index is 926. The predicted octanol–water partition coefficient (Wildman–Crippen LogP) is 4.15. The quantitative estimate of drug-likeness (QED) is 0.724. The highest BCUT2D eigenvalue weighted by Gasteiger charge is 2.52. The third kappa shape index (κ3) is 3.14. The largest absolute Gasteiger partial charge is 0.487 e. The van der Waals surface area contributed by atoms with Gasteiger partial charge in [-0.1, -0.05) is 18.2 Å². The molecule has 0 radical (unpaired) electrons. The summed E-state index contributed by atoms with van der Waals surface area (Å²) in [5.74, 6) is 1.72. The first kappa shape index (κ1) is 18.7. The molecule has 4 heterocycles. The van der Waals surface area contributed by atoms with Crippen LogP contribution in [0.5, 0.6) is 5.75 Å². The van der Waals surface area contributed by atoms with E-state index in [-0.39, 0.29) is 23.0 Å². The molecule has 1 spiro atoms. The Hall–Kier alpha value is -2.34. The van der Waals surface area contributed by atoms with Crippen LogP contribution in [0.4, 0.5) is 0 Å². The molecule has 2 atom stereocenters. The second kappa shape index (κ2) is 6.59. The number of aryl methyl sites for hydroxylation is 1. The van der Waals surface area contributed by atoms with Crippen LogP contribution in [0.25, 0.3) is 0 Å². The lowest BCUT2D eigenvalue weighted by Crippen LogP contribution is -2.54. The van der Waals surface area contributed by atoms with E-state index in [4.69, 9.17) is 13.9 Å². The van der Waals surface area contributed by atoms with Gasteiger partial charge in [-0.05, 0) is 44.6 Å². The zero-order valence-electron chi connectivity index (χ0n) is 17.3. The van der Waals surface area contributed by atoms with Gasteiger partial charge in [-0.3, -0.25) is 4.79 Å². The highest BCUT2D eigenvalue weighted by molar-refractivity contribution is 5.92. The number of hydrogen-bond acceptors (Lipinski definition) is 5. The van der Waals surface area contributed by atoms with Crippen LogP contribution in [0.2, 0.25) is 0 Å². The summed E-state index contributed by atoms with van der Waals surface area (Å²) >= 11 is 0. The molecule has 6 heteroatoms. The van der Waals surface area contributed by atoms with Crippen LogP contribution in [0.15, 0.2) is 34.9 Å². The van der Waals surface area contributed by atoms with Gasteiger partial charge in [0.25, 0.3) is 5.91 Å². The van der Waals surface area contributed by atoms with Crippen molar-refractivity contribution in [3.8, 4) is 5.75 Å². The van der Waals surface area contributed by atoms with E-state index in [0.29, 0.717) is 17.5 Å². The monoisotopic (exact) mass is 396 g/mol. The number of aromatic nitrogens is 1. The molecule has 1 amide bonds. The lowest BCUT2D eigenvalue weighted by atomic mass is 9.64. The summed E-state index contributed by atoms with van der Waals surface area (Å²) in [5, 5.41) is 0. The van der Waals surface area contributed by atoms with Crippen LogP contribution >= 0.6 is 0 Å². The van der Waals surface area contributed by atoms with E-state index in [2.05, 4.69) is 31.0 Å². The van der Waals surface area contributed by atoms with E-state index in [9.17, 15) is 4.79 Å². The van der Waals surface area contributed by atoms with Crippen molar-refractivity contribution in [1.29, 1.82) is 0 Å². The van der Waals surface area contributed by atoms with Crippen molar-refractivity contribution in [3.05, 3.63) is 47.7 Å². The summed E-state index contributed by atoms with van der Waals surface area (Å²) in [4.78, 5) is 18.8. The molecule has 154 valence electrons. The molecular weight excluding hydrogens is 368 g/mol. The van der Waals surface area contributed by atoms with Crippen molar-refractivity contribution in [2.24, 2.45) is 11.3 Å². The summed E-state index contributed by atoms with van der Waals surface area (Å²) in [6.45, 7) is 8.30. The number of para-hydroxylation sites is 1. The number of carbonyl (C=O) groups excluding carboxylic acids is 1. The second-order valence-electron chi connectivity index (χ2n) is 9.33. The topological polar surface area (TPSA) is 64.8 Å². The standard InChI is InChI=1S/C23H28N2O4/c1-15-24-18(13-27-15)21(26)25-10-8-23(9-11-25)12-17-20(28-14-23)16-6-4-5-7-19(16)29-22(17,2)3/h4-7,13,17,20H,8-12,14H2,1-3H3/t17-,20+/m0/s1. The number of amides is 1.